The summed E-state index contributed by atoms with van der Waals surface area (Å²) in [7, 11) is 0. The van der Waals surface area contributed by atoms with E-state index in [9.17, 15) is 0 Å². The van der Waals surface area contributed by atoms with Crippen LogP contribution in [0, 0.1) is 0 Å². The average Bonchev–Trinajstić information content (AvgIpc) is 2.51. The van der Waals surface area contributed by atoms with Gasteiger partial charge < -0.3 is 5.73 Å². The summed E-state index contributed by atoms with van der Waals surface area (Å²) in [6.45, 7) is 2.89. The summed E-state index contributed by atoms with van der Waals surface area (Å²) >= 11 is 0. The number of rotatable bonds is 6. The first-order valence-electron chi connectivity index (χ1n) is 7.14. The molecule has 2 aromatic carbocycles. The molecule has 0 saturated carbocycles. The molecule has 0 amide bonds. The summed E-state index contributed by atoms with van der Waals surface area (Å²) in [6, 6.07) is 21.4. The minimum atomic E-state index is -0.0431. The molecule has 0 bridgehead atoms. The molecule has 0 aliphatic rings. The second kappa shape index (κ2) is 6.53. The van der Waals surface area contributed by atoms with Crippen molar-refractivity contribution in [1.29, 1.82) is 0 Å². The Morgan fingerprint density at radius 3 is 1.68 bits per heavy atom. The fourth-order valence-electron chi connectivity index (χ4n) is 2.79. The van der Waals surface area contributed by atoms with Gasteiger partial charge in [-0.25, -0.2) is 0 Å². The van der Waals surface area contributed by atoms with E-state index in [1.54, 1.807) is 0 Å². The SMILES string of the molecule is CCCCC(CN)(c1ccccc1)c1ccccc1. The van der Waals surface area contributed by atoms with Crippen LogP contribution in [0.1, 0.15) is 37.3 Å². The van der Waals surface area contributed by atoms with Crippen molar-refractivity contribution in [2.45, 2.75) is 31.6 Å². The molecule has 100 valence electrons. The van der Waals surface area contributed by atoms with Gasteiger partial charge >= 0.3 is 0 Å². The zero-order chi connectivity index (χ0) is 13.6. The summed E-state index contributed by atoms with van der Waals surface area (Å²) in [5.41, 5.74) is 8.83. The molecule has 0 fully saturated rings. The third-order valence-corrected chi connectivity index (χ3v) is 3.96. The van der Waals surface area contributed by atoms with Crippen molar-refractivity contribution < 1.29 is 0 Å². The summed E-state index contributed by atoms with van der Waals surface area (Å²) in [5.74, 6) is 0. The van der Waals surface area contributed by atoms with Gasteiger partial charge in [0.15, 0.2) is 0 Å². The summed E-state index contributed by atoms with van der Waals surface area (Å²) < 4.78 is 0. The Labute approximate surface area is 116 Å². The van der Waals surface area contributed by atoms with Crippen LogP contribution in [0.15, 0.2) is 60.7 Å². The van der Waals surface area contributed by atoms with Crippen molar-refractivity contribution in [2.24, 2.45) is 5.73 Å². The second-order valence-corrected chi connectivity index (χ2v) is 5.12. The second-order valence-electron chi connectivity index (χ2n) is 5.12. The van der Waals surface area contributed by atoms with Crippen LogP contribution in [0.2, 0.25) is 0 Å². The Morgan fingerprint density at radius 2 is 1.32 bits per heavy atom. The molecule has 1 heteroatoms. The molecule has 2 aromatic rings. The maximum atomic E-state index is 6.21. The van der Waals surface area contributed by atoms with Gasteiger partial charge in [0.2, 0.25) is 0 Å². The predicted molar refractivity (Wildman–Crippen MR) is 82.2 cm³/mol. The number of unbranched alkanes of at least 4 members (excludes halogenated alkanes) is 1. The molecule has 0 saturated heterocycles. The minimum Gasteiger partial charge on any atom is -0.329 e. The van der Waals surface area contributed by atoms with E-state index < -0.39 is 0 Å². The maximum absolute atomic E-state index is 6.21. The molecule has 19 heavy (non-hydrogen) atoms. The lowest BCUT2D eigenvalue weighted by molar-refractivity contribution is 0.461. The van der Waals surface area contributed by atoms with E-state index in [1.807, 2.05) is 0 Å². The summed E-state index contributed by atoms with van der Waals surface area (Å²) in [5, 5.41) is 0. The van der Waals surface area contributed by atoms with Gasteiger partial charge in [0.25, 0.3) is 0 Å². The van der Waals surface area contributed by atoms with Gasteiger partial charge in [0.1, 0.15) is 0 Å². The molecular weight excluding hydrogens is 230 g/mol. The van der Waals surface area contributed by atoms with Crippen LogP contribution in [0.3, 0.4) is 0 Å². The van der Waals surface area contributed by atoms with E-state index >= 15 is 0 Å². The first-order valence-corrected chi connectivity index (χ1v) is 7.14. The smallest absolute Gasteiger partial charge is 0.0325 e. The van der Waals surface area contributed by atoms with E-state index in [2.05, 4.69) is 67.6 Å². The molecule has 0 radical (unpaired) electrons. The molecule has 0 atom stereocenters. The predicted octanol–water partition coefficient (Wildman–Crippen LogP) is 4.12. The van der Waals surface area contributed by atoms with Crippen LogP contribution in [0.5, 0.6) is 0 Å². The quantitative estimate of drug-likeness (QED) is 0.823. The molecule has 0 heterocycles. The highest BCUT2D eigenvalue weighted by Gasteiger charge is 2.31. The number of nitrogens with two attached hydrogens (primary N) is 1. The minimum absolute atomic E-state index is 0.0431. The fraction of sp³-hybridized carbons (Fsp3) is 0.333. The van der Waals surface area contributed by atoms with Crippen molar-refractivity contribution in [3.05, 3.63) is 71.8 Å². The molecule has 0 aromatic heterocycles. The van der Waals surface area contributed by atoms with Gasteiger partial charge in [-0.3, -0.25) is 0 Å². The molecule has 0 spiro atoms. The van der Waals surface area contributed by atoms with Crippen molar-refractivity contribution in [3.8, 4) is 0 Å². The largest absolute Gasteiger partial charge is 0.329 e. The Bertz CT molecular complexity index is 436. The first kappa shape index (κ1) is 13.8. The van der Waals surface area contributed by atoms with Crippen LogP contribution in [-0.2, 0) is 5.41 Å². The highest BCUT2D eigenvalue weighted by molar-refractivity contribution is 5.39. The Hall–Kier alpha value is -1.60. The van der Waals surface area contributed by atoms with Crippen molar-refractivity contribution in [3.63, 3.8) is 0 Å². The lowest BCUT2D eigenvalue weighted by Gasteiger charge is -2.34. The topological polar surface area (TPSA) is 26.0 Å². The van der Waals surface area contributed by atoms with Crippen LogP contribution in [0.25, 0.3) is 0 Å². The maximum Gasteiger partial charge on any atom is 0.0325 e. The number of hydrogen-bond acceptors (Lipinski definition) is 1. The molecule has 0 unspecified atom stereocenters. The van der Waals surface area contributed by atoms with Crippen LogP contribution >= 0.6 is 0 Å². The van der Waals surface area contributed by atoms with Gasteiger partial charge in [0, 0.05) is 12.0 Å². The van der Waals surface area contributed by atoms with Gasteiger partial charge in [-0.05, 0) is 17.5 Å². The van der Waals surface area contributed by atoms with Gasteiger partial charge in [-0.1, -0.05) is 80.4 Å². The summed E-state index contributed by atoms with van der Waals surface area (Å²) in [4.78, 5) is 0. The van der Waals surface area contributed by atoms with Crippen molar-refractivity contribution >= 4 is 0 Å². The first-order chi connectivity index (χ1) is 9.33. The van der Waals surface area contributed by atoms with E-state index in [1.165, 1.54) is 24.0 Å². The highest BCUT2D eigenvalue weighted by Crippen LogP contribution is 2.36. The standard InChI is InChI=1S/C18H23N/c1-2-3-14-18(15-19,16-10-6-4-7-11-16)17-12-8-5-9-13-17/h4-13H,2-3,14-15,19H2,1H3. The van der Waals surface area contributed by atoms with E-state index in [-0.39, 0.29) is 5.41 Å². The lowest BCUT2D eigenvalue weighted by Crippen LogP contribution is -2.36. The van der Waals surface area contributed by atoms with Crippen molar-refractivity contribution in [1.82, 2.24) is 0 Å². The van der Waals surface area contributed by atoms with Crippen LogP contribution in [0.4, 0.5) is 0 Å². The Kier molecular flexibility index (Phi) is 4.75. The third kappa shape index (κ3) is 2.87. The third-order valence-electron chi connectivity index (χ3n) is 3.96. The van der Waals surface area contributed by atoms with Gasteiger partial charge in [-0.2, -0.15) is 0 Å². The Morgan fingerprint density at radius 1 is 0.842 bits per heavy atom. The Balaban J connectivity index is 2.48. The monoisotopic (exact) mass is 253 g/mol. The summed E-state index contributed by atoms with van der Waals surface area (Å²) in [6.07, 6.45) is 3.50. The lowest BCUT2D eigenvalue weighted by atomic mass is 9.71. The molecule has 2 N–H and O–H groups in total. The zero-order valence-electron chi connectivity index (χ0n) is 11.7. The molecule has 1 nitrogen and oxygen atoms in total. The number of benzene rings is 2. The normalized spacial score (nSPS) is 11.5. The van der Waals surface area contributed by atoms with Gasteiger partial charge in [-0.15, -0.1) is 0 Å². The van der Waals surface area contributed by atoms with Crippen molar-refractivity contribution in [2.75, 3.05) is 6.54 Å². The van der Waals surface area contributed by atoms with E-state index in [4.69, 9.17) is 5.73 Å². The van der Waals surface area contributed by atoms with Crippen LogP contribution < -0.4 is 5.73 Å². The number of hydrogen-bond donors (Lipinski definition) is 1. The zero-order valence-corrected chi connectivity index (χ0v) is 11.7. The van der Waals surface area contributed by atoms with E-state index in [0.717, 1.165) is 6.42 Å². The molecule has 2 rings (SSSR count). The molecule has 0 aliphatic heterocycles. The fourth-order valence-corrected chi connectivity index (χ4v) is 2.79. The average molecular weight is 253 g/mol. The molecular formula is C18H23N. The van der Waals surface area contributed by atoms with Gasteiger partial charge in [0.05, 0.1) is 0 Å². The van der Waals surface area contributed by atoms with Crippen LogP contribution in [-0.4, -0.2) is 6.54 Å². The van der Waals surface area contributed by atoms with E-state index in [0.29, 0.717) is 6.54 Å². The highest BCUT2D eigenvalue weighted by atomic mass is 14.6. The molecule has 0 aliphatic carbocycles.